The number of ether oxygens (including phenoxy) is 1. The van der Waals surface area contributed by atoms with Crippen LogP contribution < -0.4 is 10.6 Å². The van der Waals surface area contributed by atoms with Gasteiger partial charge in [-0.3, -0.25) is 9.69 Å². The van der Waals surface area contributed by atoms with Gasteiger partial charge in [-0.05, 0) is 45.2 Å². The number of likely N-dealkylation sites (tertiary alicyclic amines) is 1. The molecule has 1 heterocycles. The molecule has 0 bridgehead atoms. The average molecular weight is 396 g/mol. The van der Waals surface area contributed by atoms with Crippen molar-refractivity contribution in [3.8, 4) is 0 Å². The standard InChI is InChI=1S/C21H41N5O2/c1-4-26-14-8-10-18(26)16-23-21(24-17-20(27)25(2)3)22-13-9-15-28-19-11-6-5-7-12-19/h18-19H,4-17H2,1-3H3,(H2,22,23,24). The minimum Gasteiger partial charge on any atom is -0.378 e. The molecular formula is C21H41N5O2. The number of carbonyl (C=O) groups excluding carboxylic acids is 1. The van der Waals surface area contributed by atoms with Crippen molar-refractivity contribution in [1.29, 1.82) is 0 Å². The fraction of sp³-hybridized carbons (Fsp3) is 0.905. The minimum absolute atomic E-state index is 0.0118. The molecule has 0 aromatic carbocycles. The molecule has 1 aliphatic heterocycles. The third-order valence-electron chi connectivity index (χ3n) is 5.80. The van der Waals surface area contributed by atoms with Crippen molar-refractivity contribution in [1.82, 2.24) is 20.4 Å². The maximum atomic E-state index is 11.9. The van der Waals surface area contributed by atoms with Gasteiger partial charge in [0.2, 0.25) is 5.91 Å². The third-order valence-corrected chi connectivity index (χ3v) is 5.80. The summed E-state index contributed by atoms with van der Waals surface area (Å²) in [6.45, 7) is 7.11. The van der Waals surface area contributed by atoms with Gasteiger partial charge in [0, 0.05) is 39.8 Å². The average Bonchev–Trinajstić information content (AvgIpc) is 3.17. The molecule has 7 heteroatoms. The highest BCUT2D eigenvalue weighted by Gasteiger charge is 2.22. The Morgan fingerprint density at radius 1 is 1.14 bits per heavy atom. The number of hydrogen-bond acceptors (Lipinski definition) is 4. The van der Waals surface area contributed by atoms with Crippen molar-refractivity contribution in [3.63, 3.8) is 0 Å². The number of guanidine groups is 1. The third kappa shape index (κ3) is 8.35. The molecule has 1 aliphatic carbocycles. The normalized spacial score (nSPS) is 21.7. The Labute approximate surface area is 171 Å². The fourth-order valence-electron chi connectivity index (χ4n) is 3.98. The van der Waals surface area contributed by atoms with Crippen LogP contribution in [0.25, 0.3) is 0 Å². The SMILES string of the molecule is CCN1CCCC1CNC(=NCC(=O)N(C)C)NCCCOC1CCCCC1. The molecule has 0 aromatic rings. The number of hydrogen-bond donors (Lipinski definition) is 2. The lowest BCUT2D eigenvalue weighted by atomic mass is 9.98. The molecule has 2 fully saturated rings. The summed E-state index contributed by atoms with van der Waals surface area (Å²) >= 11 is 0. The molecule has 1 unspecified atom stereocenters. The maximum absolute atomic E-state index is 11.9. The summed E-state index contributed by atoms with van der Waals surface area (Å²) in [7, 11) is 3.53. The van der Waals surface area contributed by atoms with Gasteiger partial charge in [-0.25, -0.2) is 4.99 Å². The Morgan fingerprint density at radius 3 is 2.64 bits per heavy atom. The van der Waals surface area contributed by atoms with Gasteiger partial charge in [0.05, 0.1) is 6.10 Å². The molecule has 1 atom stereocenters. The van der Waals surface area contributed by atoms with Crippen molar-refractivity contribution in [2.24, 2.45) is 4.99 Å². The van der Waals surface area contributed by atoms with Gasteiger partial charge in [-0.2, -0.15) is 0 Å². The smallest absolute Gasteiger partial charge is 0.243 e. The van der Waals surface area contributed by atoms with Crippen LogP contribution >= 0.6 is 0 Å². The van der Waals surface area contributed by atoms with E-state index in [-0.39, 0.29) is 12.5 Å². The Kier molecular flexibility index (Phi) is 10.6. The van der Waals surface area contributed by atoms with E-state index in [2.05, 4.69) is 27.4 Å². The van der Waals surface area contributed by atoms with E-state index in [1.54, 1.807) is 19.0 Å². The van der Waals surface area contributed by atoms with E-state index in [0.29, 0.717) is 12.1 Å². The molecule has 2 aliphatic rings. The van der Waals surface area contributed by atoms with E-state index in [1.165, 1.54) is 51.5 Å². The fourth-order valence-corrected chi connectivity index (χ4v) is 3.98. The summed E-state index contributed by atoms with van der Waals surface area (Å²) in [6, 6.07) is 0.552. The maximum Gasteiger partial charge on any atom is 0.243 e. The largest absolute Gasteiger partial charge is 0.378 e. The van der Waals surface area contributed by atoms with E-state index >= 15 is 0 Å². The lowest BCUT2D eigenvalue weighted by molar-refractivity contribution is -0.127. The van der Waals surface area contributed by atoms with Crippen molar-refractivity contribution < 1.29 is 9.53 Å². The second-order valence-corrected chi connectivity index (χ2v) is 8.17. The number of amides is 1. The van der Waals surface area contributed by atoms with Crippen molar-refractivity contribution in [2.75, 3.05) is 53.4 Å². The molecule has 1 amide bonds. The van der Waals surface area contributed by atoms with Crippen LogP contribution in [0.5, 0.6) is 0 Å². The van der Waals surface area contributed by atoms with E-state index < -0.39 is 0 Å². The highest BCUT2D eigenvalue weighted by Crippen LogP contribution is 2.20. The number of carbonyl (C=O) groups is 1. The molecule has 2 rings (SSSR count). The molecule has 0 spiro atoms. The monoisotopic (exact) mass is 395 g/mol. The van der Waals surface area contributed by atoms with Crippen LogP contribution in [0.15, 0.2) is 4.99 Å². The first-order valence-corrected chi connectivity index (χ1v) is 11.2. The van der Waals surface area contributed by atoms with Gasteiger partial charge in [-0.15, -0.1) is 0 Å². The Bertz CT molecular complexity index is 477. The predicted octanol–water partition coefficient (Wildman–Crippen LogP) is 1.83. The predicted molar refractivity (Wildman–Crippen MR) is 115 cm³/mol. The van der Waals surface area contributed by atoms with Crippen LogP contribution in [0.2, 0.25) is 0 Å². The van der Waals surface area contributed by atoms with Gasteiger partial charge >= 0.3 is 0 Å². The lowest BCUT2D eigenvalue weighted by Crippen LogP contribution is -2.45. The van der Waals surface area contributed by atoms with Crippen LogP contribution in [0.4, 0.5) is 0 Å². The van der Waals surface area contributed by atoms with E-state index in [1.807, 2.05) is 0 Å². The summed E-state index contributed by atoms with van der Waals surface area (Å²) < 4.78 is 6.00. The highest BCUT2D eigenvalue weighted by atomic mass is 16.5. The van der Waals surface area contributed by atoms with Crippen molar-refractivity contribution in [3.05, 3.63) is 0 Å². The second kappa shape index (κ2) is 13.0. The van der Waals surface area contributed by atoms with Gasteiger partial charge < -0.3 is 20.3 Å². The van der Waals surface area contributed by atoms with Crippen molar-refractivity contribution >= 4 is 11.9 Å². The summed E-state index contributed by atoms with van der Waals surface area (Å²) in [5, 5.41) is 6.82. The number of rotatable bonds is 10. The topological polar surface area (TPSA) is 69.2 Å². The Balaban J connectivity index is 1.73. The van der Waals surface area contributed by atoms with Crippen molar-refractivity contribution in [2.45, 2.75) is 70.4 Å². The zero-order valence-electron chi connectivity index (χ0n) is 18.2. The van der Waals surface area contributed by atoms with Gasteiger partial charge in [-0.1, -0.05) is 26.2 Å². The quantitative estimate of drug-likeness (QED) is 0.336. The first kappa shape index (κ1) is 22.9. The summed E-state index contributed by atoms with van der Waals surface area (Å²) in [4.78, 5) is 20.5. The second-order valence-electron chi connectivity index (χ2n) is 8.17. The van der Waals surface area contributed by atoms with Crippen LogP contribution in [-0.4, -0.2) is 87.2 Å². The minimum atomic E-state index is 0.0118. The van der Waals surface area contributed by atoms with Crippen LogP contribution in [0.3, 0.4) is 0 Å². The van der Waals surface area contributed by atoms with Gasteiger partial charge in [0.15, 0.2) is 5.96 Å². The molecule has 1 saturated carbocycles. The zero-order chi connectivity index (χ0) is 20.2. The molecular weight excluding hydrogens is 354 g/mol. The Morgan fingerprint density at radius 2 is 1.93 bits per heavy atom. The summed E-state index contributed by atoms with van der Waals surface area (Å²) in [6.07, 6.45) is 10.3. The Hall–Kier alpha value is -1.34. The number of nitrogens with one attached hydrogen (secondary N) is 2. The molecule has 7 nitrogen and oxygen atoms in total. The van der Waals surface area contributed by atoms with E-state index in [0.717, 1.165) is 38.6 Å². The molecule has 2 N–H and O–H groups in total. The lowest BCUT2D eigenvalue weighted by Gasteiger charge is -2.24. The van der Waals surface area contributed by atoms with Crippen LogP contribution in [-0.2, 0) is 9.53 Å². The van der Waals surface area contributed by atoms with E-state index in [4.69, 9.17) is 4.74 Å². The number of likely N-dealkylation sites (N-methyl/N-ethyl adjacent to an activating group) is 2. The van der Waals surface area contributed by atoms with Gasteiger partial charge in [0.25, 0.3) is 0 Å². The molecule has 162 valence electrons. The first-order valence-electron chi connectivity index (χ1n) is 11.2. The summed E-state index contributed by atoms with van der Waals surface area (Å²) in [5.74, 6) is 0.744. The first-order chi connectivity index (χ1) is 13.6. The molecule has 1 saturated heterocycles. The summed E-state index contributed by atoms with van der Waals surface area (Å²) in [5.41, 5.74) is 0. The number of nitrogens with zero attached hydrogens (tertiary/aromatic N) is 3. The van der Waals surface area contributed by atoms with Gasteiger partial charge in [0.1, 0.15) is 6.54 Å². The van der Waals surface area contributed by atoms with Crippen LogP contribution in [0, 0.1) is 0 Å². The number of aliphatic imine (C=N–C) groups is 1. The highest BCUT2D eigenvalue weighted by molar-refractivity contribution is 5.84. The molecule has 0 aromatic heterocycles. The molecule has 28 heavy (non-hydrogen) atoms. The van der Waals surface area contributed by atoms with E-state index in [9.17, 15) is 4.79 Å². The zero-order valence-corrected chi connectivity index (χ0v) is 18.2. The van der Waals surface area contributed by atoms with Crippen LogP contribution in [0.1, 0.15) is 58.3 Å². The molecule has 0 radical (unpaired) electrons.